The second-order valence-electron chi connectivity index (χ2n) is 9.75. The predicted molar refractivity (Wildman–Crippen MR) is 136 cm³/mol. The minimum absolute atomic E-state index is 0.0240. The Balaban J connectivity index is 1.69. The Labute approximate surface area is 209 Å². The van der Waals surface area contributed by atoms with Crippen LogP contribution >= 0.6 is 0 Å². The van der Waals surface area contributed by atoms with E-state index in [9.17, 15) is 13.6 Å². The van der Waals surface area contributed by atoms with Gasteiger partial charge >= 0.3 is 0 Å². The van der Waals surface area contributed by atoms with E-state index in [-0.39, 0.29) is 11.3 Å². The number of carbonyl (C=O) groups is 1. The summed E-state index contributed by atoms with van der Waals surface area (Å²) in [6, 6.07) is 7.38. The summed E-state index contributed by atoms with van der Waals surface area (Å²) in [7, 11) is 0. The Kier molecular flexibility index (Phi) is 7.04. The first-order valence-corrected chi connectivity index (χ1v) is 11.7. The summed E-state index contributed by atoms with van der Waals surface area (Å²) in [5, 5.41) is 2.58. The highest BCUT2D eigenvalue weighted by atomic mass is 19.1. The molecule has 1 N–H and O–H groups in total. The highest BCUT2D eigenvalue weighted by Crippen LogP contribution is 2.32. The fourth-order valence-electron chi connectivity index (χ4n) is 4.04. The number of aryl methyl sites for hydroxylation is 1. The van der Waals surface area contributed by atoms with Crippen LogP contribution in [0.1, 0.15) is 48.1 Å². The molecule has 1 aliphatic rings. The number of nitrogens with one attached hydrogen (secondary N) is 1. The number of ether oxygens (including phenoxy) is 1. The van der Waals surface area contributed by atoms with Crippen LogP contribution in [0.15, 0.2) is 36.5 Å². The van der Waals surface area contributed by atoms with Crippen LogP contribution in [0.5, 0.6) is 0 Å². The fraction of sp³-hybridized carbons (Fsp3) is 0.321. The van der Waals surface area contributed by atoms with Gasteiger partial charge in [-0.1, -0.05) is 20.8 Å². The van der Waals surface area contributed by atoms with Crippen molar-refractivity contribution in [1.29, 1.82) is 0 Å². The Morgan fingerprint density at radius 3 is 2.53 bits per heavy atom. The third kappa shape index (κ3) is 5.37. The van der Waals surface area contributed by atoms with Crippen molar-refractivity contribution in [3.8, 4) is 23.5 Å². The molecule has 0 aliphatic carbocycles. The Morgan fingerprint density at radius 2 is 1.86 bits per heavy atom. The average Bonchev–Trinajstić information content (AvgIpc) is 2.85. The number of benzene rings is 1. The number of hydrogen-bond acceptors (Lipinski definition) is 5. The van der Waals surface area contributed by atoms with Crippen molar-refractivity contribution < 1.29 is 18.3 Å². The van der Waals surface area contributed by atoms with E-state index in [1.165, 1.54) is 12.1 Å². The molecule has 3 heterocycles. The fourth-order valence-corrected chi connectivity index (χ4v) is 4.04. The lowest BCUT2D eigenvalue weighted by Crippen LogP contribution is -2.36. The van der Waals surface area contributed by atoms with Gasteiger partial charge in [0.2, 0.25) is 5.95 Å². The van der Waals surface area contributed by atoms with Gasteiger partial charge in [-0.2, -0.15) is 4.39 Å². The van der Waals surface area contributed by atoms with E-state index >= 15 is 0 Å². The molecule has 6 nitrogen and oxygen atoms in total. The third-order valence-corrected chi connectivity index (χ3v) is 6.05. The van der Waals surface area contributed by atoms with Crippen molar-refractivity contribution in [3.05, 3.63) is 70.8 Å². The van der Waals surface area contributed by atoms with Crippen molar-refractivity contribution in [1.82, 2.24) is 9.97 Å². The van der Waals surface area contributed by atoms with Crippen LogP contribution < -0.4 is 10.2 Å². The van der Waals surface area contributed by atoms with E-state index in [0.717, 1.165) is 17.3 Å². The van der Waals surface area contributed by atoms with Crippen LogP contribution in [0.25, 0.3) is 11.1 Å². The van der Waals surface area contributed by atoms with Crippen LogP contribution in [0.3, 0.4) is 0 Å². The molecule has 0 atom stereocenters. The molecule has 0 unspecified atom stereocenters. The van der Waals surface area contributed by atoms with E-state index in [4.69, 9.17) is 11.2 Å². The number of terminal acetylenes is 1. The van der Waals surface area contributed by atoms with E-state index in [0.29, 0.717) is 48.8 Å². The van der Waals surface area contributed by atoms with Gasteiger partial charge < -0.3 is 15.0 Å². The van der Waals surface area contributed by atoms with E-state index in [2.05, 4.69) is 26.1 Å². The van der Waals surface area contributed by atoms with E-state index < -0.39 is 23.1 Å². The zero-order valence-electron chi connectivity index (χ0n) is 20.8. The average molecular weight is 491 g/mol. The number of nitrogens with zero attached hydrogens (tertiary/aromatic N) is 3. The van der Waals surface area contributed by atoms with Gasteiger partial charge in [-0.15, -0.1) is 6.42 Å². The lowest BCUT2D eigenvalue weighted by atomic mass is 9.90. The zero-order valence-corrected chi connectivity index (χ0v) is 20.8. The maximum Gasteiger partial charge on any atom is 0.255 e. The normalized spacial score (nSPS) is 13.9. The number of amides is 1. The van der Waals surface area contributed by atoms with Gasteiger partial charge in [0, 0.05) is 47.6 Å². The third-order valence-electron chi connectivity index (χ3n) is 6.05. The Hall–Kier alpha value is -3.83. The summed E-state index contributed by atoms with van der Waals surface area (Å²) < 4.78 is 34.5. The molecule has 36 heavy (non-hydrogen) atoms. The van der Waals surface area contributed by atoms with Crippen LogP contribution in [0, 0.1) is 31.0 Å². The highest BCUT2D eigenvalue weighted by Gasteiger charge is 2.21. The largest absolute Gasteiger partial charge is 0.378 e. The standard InChI is InChI=1S/C28H28F2N4O2/c1-6-22-24(34-7-9-36-10-8-34)12-19(16-31-22)20-15-23(21(29)11-17(20)2)32-27(35)18-13-25(28(3,4)5)33-26(30)14-18/h1,11-16H,7-10H2,2-5H3,(H,32,35). The molecule has 1 aromatic carbocycles. The number of carbonyl (C=O) groups excluding carboxylic acids is 1. The number of morpholine rings is 1. The molecule has 4 rings (SSSR count). The second-order valence-corrected chi connectivity index (χ2v) is 9.75. The van der Waals surface area contributed by atoms with Gasteiger partial charge in [-0.3, -0.25) is 4.79 Å². The Morgan fingerprint density at radius 1 is 1.14 bits per heavy atom. The molecule has 186 valence electrons. The summed E-state index contributed by atoms with van der Waals surface area (Å²) in [5.74, 6) is 0.620. The molecule has 1 aliphatic heterocycles. The van der Waals surface area contributed by atoms with Gasteiger partial charge in [-0.25, -0.2) is 14.4 Å². The molecule has 0 saturated carbocycles. The van der Waals surface area contributed by atoms with Gasteiger partial charge in [-0.05, 0) is 48.2 Å². The molecular weight excluding hydrogens is 462 g/mol. The monoisotopic (exact) mass is 490 g/mol. The van der Waals surface area contributed by atoms with Gasteiger partial charge in [0.15, 0.2) is 0 Å². The quantitative estimate of drug-likeness (QED) is 0.407. The maximum absolute atomic E-state index is 14.9. The van der Waals surface area contributed by atoms with Crippen LogP contribution in [-0.2, 0) is 10.2 Å². The molecule has 2 aromatic heterocycles. The SMILES string of the molecule is C#Cc1ncc(-c2cc(NC(=O)c3cc(F)nc(C(C)(C)C)c3)c(F)cc2C)cc1N1CCOCC1. The maximum atomic E-state index is 14.9. The number of anilines is 2. The first-order chi connectivity index (χ1) is 17.1. The summed E-state index contributed by atoms with van der Waals surface area (Å²) >= 11 is 0. The van der Waals surface area contributed by atoms with Crippen molar-refractivity contribution >= 4 is 17.3 Å². The zero-order chi connectivity index (χ0) is 26.0. The minimum atomic E-state index is -0.770. The summed E-state index contributed by atoms with van der Waals surface area (Å²) in [4.78, 5) is 23.4. The number of pyridine rings is 2. The van der Waals surface area contributed by atoms with Crippen LogP contribution in [0.2, 0.25) is 0 Å². The lowest BCUT2D eigenvalue weighted by molar-refractivity contribution is 0.102. The van der Waals surface area contributed by atoms with Crippen LogP contribution in [-0.4, -0.2) is 42.2 Å². The molecule has 0 radical (unpaired) electrons. The highest BCUT2D eigenvalue weighted by molar-refractivity contribution is 6.04. The molecule has 3 aromatic rings. The van der Waals surface area contributed by atoms with Crippen LogP contribution in [0.4, 0.5) is 20.2 Å². The number of aromatic nitrogens is 2. The lowest BCUT2D eigenvalue weighted by Gasteiger charge is -2.29. The molecule has 1 amide bonds. The number of hydrogen-bond donors (Lipinski definition) is 1. The first-order valence-electron chi connectivity index (χ1n) is 11.7. The smallest absolute Gasteiger partial charge is 0.255 e. The molecule has 0 bridgehead atoms. The Bertz CT molecular complexity index is 1350. The van der Waals surface area contributed by atoms with Crippen molar-refractivity contribution in [2.24, 2.45) is 0 Å². The number of halogens is 2. The molecule has 8 heteroatoms. The summed E-state index contributed by atoms with van der Waals surface area (Å²) in [6.45, 7) is 9.93. The topological polar surface area (TPSA) is 67.4 Å². The van der Waals surface area contributed by atoms with Crippen molar-refractivity contribution in [2.75, 3.05) is 36.5 Å². The first kappa shape index (κ1) is 25.3. The van der Waals surface area contributed by atoms with Crippen molar-refractivity contribution in [2.45, 2.75) is 33.1 Å². The van der Waals surface area contributed by atoms with Gasteiger partial charge in [0.05, 0.1) is 24.6 Å². The minimum Gasteiger partial charge on any atom is -0.378 e. The summed E-state index contributed by atoms with van der Waals surface area (Å²) in [6.07, 6.45) is 7.32. The van der Waals surface area contributed by atoms with Gasteiger partial charge in [0.25, 0.3) is 5.91 Å². The van der Waals surface area contributed by atoms with Crippen molar-refractivity contribution in [3.63, 3.8) is 0 Å². The second kappa shape index (κ2) is 10.0. The number of rotatable bonds is 4. The predicted octanol–water partition coefficient (Wildman–Crippen LogP) is 5.10. The summed E-state index contributed by atoms with van der Waals surface area (Å²) in [5.41, 5.74) is 3.40. The van der Waals surface area contributed by atoms with E-state index in [1.807, 2.05) is 26.8 Å². The van der Waals surface area contributed by atoms with Gasteiger partial charge in [0.1, 0.15) is 11.5 Å². The molecular formula is C28H28F2N4O2. The molecule has 1 saturated heterocycles. The molecule has 0 spiro atoms. The van der Waals surface area contributed by atoms with E-state index in [1.54, 1.807) is 19.2 Å². The molecule has 1 fully saturated rings.